The van der Waals surface area contributed by atoms with Crippen LogP contribution in [-0.4, -0.2) is 24.5 Å². The second-order valence-corrected chi connectivity index (χ2v) is 6.16. The maximum Gasteiger partial charge on any atom is 0.341 e. The van der Waals surface area contributed by atoms with Crippen LogP contribution in [0.3, 0.4) is 0 Å². The summed E-state index contributed by atoms with van der Waals surface area (Å²) < 4.78 is 18.3. The molecule has 1 aliphatic carbocycles. The zero-order valence-electron chi connectivity index (χ0n) is 12.4. The maximum atomic E-state index is 13.5. The first-order valence-corrected chi connectivity index (χ1v) is 7.75. The summed E-state index contributed by atoms with van der Waals surface area (Å²) in [5, 5.41) is 3.07. The summed E-state index contributed by atoms with van der Waals surface area (Å²) in [6, 6.07) is 3.73. The molecule has 0 radical (unpaired) electrons. The fraction of sp³-hybridized carbons (Fsp3) is 0.500. The van der Waals surface area contributed by atoms with E-state index in [-0.39, 0.29) is 22.5 Å². The van der Waals surface area contributed by atoms with Crippen molar-refractivity contribution in [3.63, 3.8) is 0 Å². The first-order valence-electron chi connectivity index (χ1n) is 7.37. The largest absolute Gasteiger partial charge is 0.452 e. The van der Waals surface area contributed by atoms with Crippen LogP contribution in [-0.2, 0) is 9.53 Å². The Morgan fingerprint density at radius 1 is 1.32 bits per heavy atom. The van der Waals surface area contributed by atoms with Gasteiger partial charge in [-0.3, -0.25) is 4.79 Å². The zero-order chi connectivity index (χ0) is 16.1. The normalized spacial score (nSPS) is 21.2. The van der Waals surface area contributed by atoms with Crippen molar-refractivity contribution in [1.82, 2.24) is 5.32 Å². The lowest BCUT2D eigenvalue weighted by Gasteiger charge is -2.26. The molecule has 1 N–H and O–H groups in total. The van der Waals surface area contributed by atoms with Gasteiger partial charge in [0.05, 0.1) is 5.56 Å². The topological polar surface area (TPSA) is 55.4 Å². The molecule has 0 saturated heterocycles. The summed E-state index contributed by atoms with van der Waals surface area (Å²) in [7, 11) is 0. The Balaban J connectivity index is 1.80. The standard InChI is InChI=1S/C16H19ClFNO3/c1-10-2-5-12(6-3-10)19-15(20)9-22-16(21)13-8-11(17)4-7-14(13)18/h4,7-8,10,12H,2-3,5-6,9H2,1H3,(H,19,20). The number of esters is 1. The number of hydrogen-bond acceptors (Lipinski definition) is 3. The molecule has 1 aliphatic rings. The van der Waals surface area contributed by atoms with Crippen molar-refractivity contribution in [2.45, 2.75) is 38.6 Å². The molecule has 1 aromatic rings. The molecular formula is C16H19ClFNO3. The molecule has 0 unspecified atom stereocenters. The van der Waals surface area contributed by atoms with Crippen LogP contribution < -0.4 is 5.32 Å². The molecule has 0 heterocycles. The molecular weight excluding hydrogens is 309 g/mol. The zero-order valence-corrected chi connectivity index (χ0v) is 13.2. The highest BCUT2D eigenvalue weighted by molar-refractivity contribution is 6.30. The molecule has 1 amide bonds. The number of amides is 1. The number of halogens is 2. The van der Waals surface area contributed by atoms with Gasteiger partial charge in [0, 0.05) is 11.1 Å². The highest BCUT2D eigenvalue weighted by Crippen LogP contribution is 2.23. The van der Waals surface area contributed by atoms with E-state index < -0.39 is 18.4 Å². The predicted octanol–water partition coefficient (Wildman–Crippen LogP) is 3.33. The lowest BCUT2D eigenvalue weighted by Crippen LogP contribution is -2.39. The van der Waals surface area contributed by atoms with Crippen LogP contribution in [0.2, 0.25) is 5.02 Å². The first kappa shape index (κ1) is 16.7. The van der Waals surface area contributed by atoms with Gasteiger partial charge in [-0.05, 0) is 49.8 Å². The molecule has 0 bridgehead atoms. The smallest absolute Gasteiger partial charge is 0.341 e. The number of ether oxygens (including phenoxy) is 1. The Bertz CT molecular complexity index is 556. The lowest BCUT2D eigenvalue weighted by molar-refractivity contribution is -0.125. The van der Waals surface area contributed by atoms with E-state index in [1.165, 1.54) is 12.1 Å². The van der Waals surface area contributed by atoms with E-state index in [0.29, 0.717) is 5.92 Å². The third kappa shape index (κ3) is 4.70. The molecule has 22 heavy (non-hydrogen) atoms. The minimum absolute atomic E-state index is 0.130. The lowest BCUT2D eigenvalue weighted by atomic mass is 9.87. The van der Waals surface area contributed by atoms with Gasteiger partial charge >= 0.3 is 5.97 Å². The van der Waals surface area contributed by atoms with E-state index in [0.717, 1.165) is 31.7 Å². The molecule has 1 fully saturated rings. The number of carbonyl (C=O) groups excluding carboxylic acids is 2. The quantitative estimate of drug-likeness (QED) is 0.863. The van der Waals surface area contributed by atoms with E-state index in [1.807, 2.05) is 0 Å². The Kier molecular flexibility index (Phi) is 5.77. The third-order valence-corrected chi connectivity index (χ3v) is 4.10. The van der Waals surface area contributed by atoms with Gasteiger partial charge in [-0.1, -0.05) is 18.5 Å². The van der Waals surface area contributed by atoms with Crippen molar-refractivity contribution in [3.8, 4) is 0 Å². The fourth-order valence-corrected chi connectivity index (χ4v) is 2.71. The van der Waals surface area contributed by atoms with Gasteiger partial charge in [-0.15, -0.1) is 0 Å². The van der Waals surface area contributed by atoms with Crippen LogP contribution in [0.4, 0.5) is 4.39 Å². The summed E-state index contributed by atoms with van der Waals surface area (Å²) in [6.45, 7) is 1.77. The molecule has 0 spiro atoms. The molecule has 0 atom stereocenters. The number of hydrogen-bond donors (Lipinski definition) is 1. The predicted molar refractivity (Wildman–Crippen MR) is 81.3 cm³/mol. The summed E-state index contributed by atoms with van der Waals surface area (Å²) in [5.74, 6) is -1.30. The van der Waals surface area contributed by atoms with Crippen molar-refractivity contribution in [3.05, 3.63) is 34.6 Å². The van der Waals surface area contributed by atoms with Crippen LogP contribution >= 0.6 is 11.6 Å². The van der Waals surface area contributed by atoms with Gasteiger partial charge in [0.25, 0.3) is 5.91 Å². The van der Waals surface area contributed by atoms with Gasteiger partial charge in [0.15, 0.2) is 6.61 Å². The van der Waals surface area contributed by atoms with Crippen molar-refractivity contribution < 1.29 is 18.7 Å². The summed E-state index contributed by atoms with van der Waals surface area (Å²) >= 11 is 5.71. The van der Waals surface area contributed by atoms with Crippen LogP contribution in [0.15, 0.2) is 18.2 Å². The number of carbonyl (C=O) groups is 2. The second-order valence-electron chi connectivity index (χ2n) is 5.72. The maximum absolute atomic E-state index is 13.5. The van der Waals surface area contributed by atoms with E-state index in [1.54, 1.807) is 0 Å². The minimum atomic E-state index is -0.896. The highest BCUT2D eigenvalue weighted by Gasteiger charge is 2.21. The van der Waals surface area contributed by atoms with E-state index in [4.69, 9.17) is 16.3 Å². The summed E-state index contributed by atoms with van der Waals surface area (Å²) in [6.07, 6.45) is 4.03. The monoisotopic (exact) mass is 327 g/mol. The van der Waals surface area contributed by atoms with Crippen LogP contribution in [0.25, 0.3) is 0 Å². The highest BCUT2D eigenvalue weighted by atomic mass is 35.5. The minimum Gasteiger partial charge on any atom is -0.452 e. The van der Waals surface area contributed by atoms with E-state index in [2.05, 4.69) is 12.2 Å². The SMILES string of the molecule is CC1CCC(NC(=O)COC(=O)c2cc(Cl)ccc2F)CC1. The Morgan fingerprint density at radius 3 is 2.68 bits per heavy atom. The Hall–Kier alpha value is -1.62. The molecule has 4 nitrogen and oxygen atoms in total. The van der Waals surface area contributed by atoms with Gasteiger partial charge in [-0.25, -0.2) is 9.18 Å². The number of rotatable bonds is 4. The van der Waals surface area contributed by atoms with Crippen LogP contribution in [0.1, 0.15) is 43.0 Å². The van der Waals surface area contributed by atoms with Crippen LogP contribution in [0, 0.1) is 11.7 Å². The van der Waals surface area contributed by atoms with Crippen molar-refractivity contribution >= 4 is 23.5 Å². The van der Waals surface area contributed by atoms with E-state index in [9.17, 15) is 14.0 Å². The van der Waals surface area contributed by atoms with Crippen molar-refractivity contribution in [2.75, 3.05) is 6.61 Å². The molecule has 2 rings (SSSR count). The van der Waals surface area contributed by atoms with Gasteiger partial charge < -0.3 is 10.1 Å². The molecule has 0 aromatic heterocycles. The van der Waals surface area contributed by atoms with Gasteiger partial charge in [0.1, 0.15) is 5.82 Å². The number of benzene rings is 1. The third-order valence-electron chi connectivity index (χ3n) is 3.86. The number of nitrogens with one attached hydrogen (secondary N) is 1. The summed E-state index contributed by atoms with van der Waals surface area (Å²) in [5.41, 5.74) is -0.271. The molecule has 1 aromatic carbocycles. The van der Waals surface area contributed by atoms with Crippen LogP contribution in [0.5, 0.6) is 0 Å². The molecule has 0 aliphatic heterocycles. The molecule has 120 valence electrons. The van der Waals surface area contributed by atoms with E-state index >= 15 is 0 Å². The van der Waals surface area contributed by atoms with Gasteiger partial charge in [0.2, 0.25) is 0 Å². The molecule has 6 heteroatoms. The van der Waals surface area contributed by atoms with Crippen molar-refractivity contribution in [1.29, 1.82) is 0 Å². The average Bonchev–Trinajstić information content (AvgIpc) is 2.49. The second kappa shape index (κ2) is 7.58. The van der Waals surface area contributed by atoms with Gasteiger partial charge in [-0.2, -0.15) is 0 Å². The fourth-order valence-electron chi connectivity index (χ4n) is 2.54. The average molecular weight is 328 g/mol. The summed E-state index contributed by atoms with van der Waals surface area (Å²) in [4.78, 5) is 23.5. The Morgan fingerprint density at radius 2 is 2.00 bits per heavy atom. The van der Waals surface area contributed by atoms with Crippen molar-refractivity contribution in [2.24, 2.45) is 5.92 Å². The first-order chi connectivity index (χ1) is 10.5. The Labute approximate surface area is 134 Å². The molecule has 1 saturated carbocycles.